The van der Waals surface area contributed by atoms with E-state index in [0.717, 1.165) is 29.7 Å². The van der Waals surface area contributed by atoms with Gasteiger partial charge in [-0.25, -0.2) is 0 Å². The summed E-state index contributed by atoms with van der Waals surface area (Å²) in [4.78, 5) is 14.5. The average molecular weight is 386 g/mol. The number of carbonyl (C=O) groups is 1. The van der Waals surface area contributed by atoms with Crippen molar-refractivity contribution in [3.05, 3.63) is 53.6 Å². The van der Waals surface area contributed by atoms with Crippen LogP contribution < -0.4 is 14.2 Å². The molecule has 0 N–H and O–H groups in total. The number of hydrogen-bond acceptors (Lipinski definition) is 4. The van der Waals surface area contributed by atoms with E-state index in [1.807, 2.05) is 61.2 Å². The number of rotatable bonds is 11. The number of ether oxygens (including phenoxy) is 3. The summed E-state index contributed by atoms with van der Waals surface area (Å²) < 4.78 is 16.2. The van der Waals surface area contributed by atoms with Crippen LogP contribution in [0.3, 0.4) is 0 Å². The molecule has 0 saturated carbocycles. The molecule has 0 aliphatic carbocycles. The lowest BCUT2D eigenvalue weighted by molar-refractivity contribution is -0.131. The van der Waals surface area contributed by atoms with Gasteiger partial charge in [0.05, 0.1) is 20.8 Å². The number of benzene rings is 2. The molecule has 0 heterocycles. The van der Waals surface area contributed by atoms with E-state index in [1.54, 1.807) is 14.2 Å². The Morgan fingerprint density at radius 2 is 1.61 bits per heavy atom. The van der Waals surface area contributed by atoms with E-state index in [4.69, 9.17) is 14.2 Å². The van der Waals surface area contributed by atoms with Gasteiger partial charge in [0.1, 0.15) is 5.75 Å². The van der Waals surface area contributed by atoms with E-state index in [9.17, 15) is 4.79 Å². The fourth-order valence-corrected chi connectivity index (χ4v) is 3.04. The van der Waals surface area contributed by atoms with Crippen LogP contribution in [0.25, 0.3) is 0 Å². The average Bonchev–Trinajstić information content (AvgIpc) is 2.72. The normalized spacial score (nSPS) is 10.4. The van der Waals surface area contributed by atoms with Crippen molar-refractivity contribution in [3.63, 3.8) is 0 Å². The van der Waals surface area contributed by atoms with Crippen molar-refractivity contribution in [1.82, 2.24) is 4.90 Å². The van der Waals surface area contributed by atoms with Crippen LogP contribution in [0.5, 0.6) is 17.2 Å². The minimum Gasteiger partial charge on any atom is -0.494 e. The second kappa shape index (κ2) is 11.2. The molecular weight excluding hydrogens is 354 g/mol. The van der Waals surface area contributed by atoms with Gasteiger partial charge in [0, 0.05) is 19.5 Å². The minimum atomic E-state index is 0.178. The topological polar surface area (TPSA) is 48.0 Å². The van der Waals surface area contributed by atoms with E-state index in [1.165, 1.54) is 0 Å². The van der Waals surface area contributed by atoms with Gasteiger partial charge in [0.25, 0.3) is 0 Å². The van der Waals surface area contributed by atoms with Gasteiger partial charge in [-0.3, -0.25) is 4.79 Å². The maximum absolute atomic E-state index is 12.6. The number of methoxy groups -OCH3 is 2. The summed E-state index contributed by atoms with van der Waals surface area (Å²) in [5, 5.41) is 0. The molecule has 1 amide bonds. The first kappa shape index (κ1) is 21.6. The molecule has 0 aromatic heterocycles. The first-order valence-electron chi connectivity index (χ1n) is 9.81. The monoisotopic (exact) mass is 385 g/mol. The van der Waals surface area contributed by atoms with Crippen LogP contribution in [0.1, 0.15) is 37.8 Å². The second-order valence-corrected chi connectivity index (χ2v) is 6.58. The smallest absolute Gasteiger partial charge is 0.222 e. The summed E-state index contributed by atoms with van der Waals surface area (Å²) >= 11 is 0. The van der Waals surface area contributed by atoms with Crippen LogP contribution >= 0.6 is 0 Å². The lowest BCUT2D eigenvalue weighted by atomic mass is 10.1. The molecule has 2 aromatic carbocycles. The van der Waals surface area contributed by atoms with Gasteiger partial charge >= 0.3 is 0 Å². The van der Waals surface area contributed by atoms with Crippen molar-refractivity contribution >= 4 is 5.91 Å². The highest BCUT2D eigenvalue weighted by Crippen LogP contribution is 2.27. The van der Waals surface area contributed by atoms with Crippen molar-refractivity contribution in [2.75, 3.05) is 27.4 Å². The van der Waals surface area contributed by atoms with Gasteiger partial charge in [-0.05, 0) is 55.2 Å². The fourth-order valence-electron chi connectivity index (χ4n) is 3.04. The molecule has 0 fully saturated rings. The number of nitrogens with zero attached hydrogens (tertiary/aromatic N) is 1. The summed E-state index contributed by atoms with van der Waals surface area (Å²) in [7, 11) is 3.25. The molecule has 5 heteroatoms. The Kier molecular flexibility index (Phi) is 8.66. The Labute approximate surface area is 168 Å². The predicted molar refractivity (Wildman–Crippen MR) is 111 cm³/mol. The zero-order valence-electron chi connectivity index (χ0n) is 17.4. The van der Waals surface area contributed by atoms with E-state index in [-0.39, 0.29) is 5.91 Å². The zero-order valence-corrected chi connectivity index (χ0v) is 17.4. The molecule has 0 aliphatic rings. The number of carbonyl (C=O) groups excluding carboxylic acids is 1. The van der Waals surface area contributed by atoms with E-state index >= 15 is 0 Å². The first-order valence-corrected chi connectivity index (χ1v) is 9.81. The minimum absolute atomic E-state index is 0.178. The maximum atomic E-state index is 12.6. The number of amides is 1. The van der Waals surface area contributed by atoms with Crippen LogP contribution in [0.15, 0.2) is 42.5 Å². The van der Waals surface area contributed by atoms with Crippen molar-refractivity contribution < 1.29 is 19.0 Å². The quantitative estimate of drug-likeness (QED) is 0.572. The van der Waals surface area contributed by atoms with E-state index < -0.39 is 0 Å². The summed E-state index contributed by atoms with van der Waals surface area (Å²) in [5.74, 6) is 2.44. The van der Waals surface area contributed by atoms with Gasteiger partial charge < -0.3 is 19.1 Å². The Morgan fingerprint density at radius 1 is 0.929 bits per heavy atom. The van der Waals surface area contributed by atoms with Crippen LogP contribution in [0, 0.1) is 0 Å². The van der Waals surface area contributed by atoms with Gasteiger partial charge in [0.15, 0.2) is 11.5 Å². The molecular formula is C23H31NO4. The van der Waals surface area contributed by atoms with Crippen molar-refractivity contribution in [1.29, 1.82) is 0 Å². The molecule has 5 nitrogen and oxygen atoms in total. The SMILES string of the molecule is CCCC(=O)N(CCc1ccc(OC)c(OC)c1)Cc1ccc(OCC)cc1. The Balaban J connectivity index is 2.07. The summed E-state index contributed by atoms with van der Waals surface area (Å²) in [5.41, 5.74) is 2.21. The molecule has 0 aliphatic heterocycles. The molecule has 0 radical (unpaired) electrons. The second-order valence-electron chi connectivity index (χ2n) is 6.58. The molecule has 2 rings (SSSR count). The van der Waals surface area contributed by atoms with Gasteiger partial charge in [-0.2, -0.15) is 0 Å². The first-order chi connectivity index (χ1) is 13.6. The lowest BCUT2D eigenvalue weighted by Crippen LogP contribution is -2.32. The molecule has 2 aromatic rings. The van der Waals surface area contributed by atoms with Crippen LogP contribution in [0.4, 0.5) is 0 Å². The Hall–Kier alpha value is -2.69. The van der Waals surface area contributed by atoms with E-state index in [2.05, 4.69) is 0 Å². The molecule has 0 atom stereocenters. The third-order valence-corrected chi connectivity index (χ3v) is 4.54. The Bertz CT molecular complexity index is 743. The van der Waals surface area contributed by atoms with Gasteiger partial charge in [-0.15, -0.1) is 0 Å². The third kappa shape index (κ3) is 6.19. The molecule has 28 heavy (non-hydrogen) atoms. The zero-order chi connectivity index (χ0) is 20.4. The van der Waals surface area contributed by atoms with Crippen LogP contribution in [-0.4, -0.2) is 38.2 Å². The van der Waals surface area contributed by atoms with Crippen molar-refractivity contribution in [2.24, 2.45) is 0 Å². The summed E-state index contributed by atoms with van der Waals surface area (Å²) in [6.45, 7) is 5.89. The highest BCUT2D eigenvalue weighted by molar-refractivity contribution is 5.76. The number of hydrogen-bond donors (Lipinski definition) is 0. The largest absolute Gasteiger partial charge is 0.494 e. The fraction of sp³-hybridized carbons (Fsp3) is 0.435. The van der Waals surface area contributed by atoms with E-state index in [0.29, 0.717) is 37.6 Å². The lowest BCUT2D eigenvalue weighted by Gasteiger charge is -2.23. The highest BCUT2D eigenvalue weighted by atomic mass is 16.5. The van der Waals surface area contributed by atoms with Crippen LogP contribution in [-0.2, 0) is 17.8 Å². The van der Waals surface area contributed by atoms with Gasteiger partial charge in [0.2, 0.25) is 5.91 Å². The third-order valence-electron chi connectivity index (χ3n) is 4.54. The Morgan fingerprint density at radius 3 is 2.21 bits per heavy atom. The standard InChI is InChI=1S/C23H31NO4/c1-5-7-23(25)24(17-19-8-11-20(12-9-19)28-6-2)15-14-18-10-13-21(26-3)22(16-18)27-4/h8-13,16H,5-7,14-15,17H2,1-4H3. The summed E-state index contributed by atoms with van der Waals surface area (Å²) in [6, 6.07) is 13.8. The van der Waals surface area contributed by atoms with Crippen molar-refractivity contribution in [2.45, 2.75) is 39.7 Å². The molecule has 0 saturated heterocycles. The summed E-state index contributed by atoms with van der Waals surface area (Å²) in [6.07, 6.45) is 2.16. The van der Waals surface area contributed by atoms with Crippen molar-refractivity contribution in [3.8, 4) is 17.2 Å². The molecule has 152 valence electrons. The predicted octanol–water partition coefficient (Wildman–Crippen LogP) is 4.47. The molecule has 0 bridgehead atoms. The molecule has 0 unspecified atom stereocenters. The van der Waals surface area contributed by atoms with Crippen LogP contribution in [0.2, 0.25) is 0 Å². The maximum Gasteiger partial charge on any atom is 0.222 e. The van der Waals surface area contributed by atoms with Gasteiger partial charge in [-0.1, -0.05) is 25.1 Å². The highest BCUT2D eigenvalue weighted by Gasteiger charge is 2.14. The molecule has 0 spiro atoms.